The van der Waals surface area contributed by atoms with E-state index in [1.54, 1.807) is 17.5 Å². The van der Waals surface area contributed by atoms with Crippen molar-refractivity contribution in [1.29, 1.82) is 0 Å². The first-order chi connectivity index (χ1) is 12.5. The molecule has 1 atom stereocenters. The van der Waals surface area contributed by atoms with E-state index in [4.69, 9.17) is 4.74 Å². The maximum atomic E-state index is 11.9. The van der Waals surface area contributed by atoms with Gasteiger partial charge in [0.1, 0.15) is 0 Å². The minimum atomic E-state index is -1.10. The lowest BCUT2D eigenvalue weighted by Gasteiger charge is -2.23. The van der Waals surface area contributed by atoms with Crippen LogP contribution in [0.3, 0.4) is 0 Å². The molecule has 1 aliphatic rings. The highest BCUT2D eigenvalue weighted by Crippen LogP contribution is 2.17. The molecule has 3 amide bonds. The fraction of sp³-hybridized carbons (Fsp3) is 0.556. The molecule has 7 nitrogen and oxygen atoms in total. The van der Waals surface area contributed by atoms with Gasteiger partial charge >= 0.3 is 12.0 Å². The van der Waals surface area contributed by atoms with Gasteiger partial charge in [0.15, 0.2) is 11.9 Å². The van der Waals surface area contributed by atoms with Crippen LogP contribution in [0.4, 0.5) is 4.79 Å². The third-order valence-electron chi connectivity index (χ3n) is 4.21. The van der Waals surface area contributed by atoms with Crippen molar-refractivity contribution in [1.82, 2.24) is 10.6 Å². The molecule has 8 heteroatoms. The lowest BCUT2D eigenvalue weighted by atomic mass is 9.96. The molecule has 1 heterocycles. The summed E-state index contributed by atoms with van der Waals surface area (Å²) >= 11 is 1.31. The summed E-state index contributed by atoms with van der Waals surface area (Å²) in [5.41, 5.74) is 0. The van der Waals surface area contributed by atoms with Gasteiger partial charge in [-0.2, -0.15) is 0 Å². The number of amides is 3. The zero-order chi connectivity index (χ0) is 18.9. The van der Waals surface area contributed by atoms with Crippen LogP contribution < -0.4 is 10.6 Å². The molecule has 1 aliphatic carbocycles. The van der Waals surface area contributed by atoms with Gasteiger partial charge in [-0.15, -0.1) is 11.3 Å². The van der Waals surface area contributed by atoms with Gasteiger partial charge in [0.25, 0.3) is 5.91 Å². The van der Waals surface area contributed by atoms with E-state index < -0.39 is 24.0 Å². The molecule has 26 heavy (non-hydrogen) atoms. The number of nitrogens with one attached hydrogen (secondary N) is 2. The number of hydrogen-bond donors (Lipinski definition) is 2. The van der Waals surface area contributed by atoms with Gasteiger partial charge in [0, 0.05) is 12.5 Å². The van der Waals surface area contributed by atoms with E-state index >= 15 is 0 Å². The first-order valence-electron chi connectivity index (χ1n) is 8.83. The van der Waals surface area contributed by atoms with Crippen LogP contribution in [0.25, 0.3) is 0 Å². The van der Waals surface area contributed by atoms with Crippen LogP contribution in [0, 0.1) is 0 Å². The van der Waals surface area contributed by atoms with Crippen molar-refractivity contribution in [3.8, 4) is 0 Å². The van der Waals surface area contributed by atoms with Gasteiger partial charge in [0.05, 0.1) is 11.3 Å². The summed E-state index contributed by atoms with van der Waals surface area (Å²) in [6, 6.07) is 2.97. The van der Waals surface area contributed by atoms with Crippen molar-refractivity contribution in [2.75, 3.05) is 0 Å². The average molecular weight is 380 g/mol. The highest BCUT2D eigenvalue weighted by atomic mass is 32.1. The van der Waals surface area contributed by atoms with Crippen LogP contribution in [0.15, 0.2) is 17.5 Å². The van der Waals surface area contributed by atoms with E-state index in [9.17, 15) is 19.2 Å². The molecular formula is C18H24N2O5S. The zero-order valence-corrected chi connectivity index (χ0v) is 15.6. The maximum Gasteiger partial charge on any atom is 0.321 e. The normalized spacial score (nSPS) is 15.7. The molecule has 0 bridgehead atoms. The summed E-state index contributed by atoms with van der Waals surface area (Å²) in [4.78, 5) is 48.0. The standard InChI is InChI=1S/C18H24N2O5S/c1-12(17(23)20-18(24)19-13-6-3-2-4-7-13)25-16(22)10-9-14(21)15-8-5-11-26-15/h5,8,11-13H,2-4,6-7,9-10H2,1H3,(H2,19,20,23,24)/t12-/m0/s1. The largest absolute Gasteiger partial charge is 0.453 e. The zero-order valence-electron chi connectivity index (χ0n) is 14.8. The minimum Gasteiger partial charge on any atom is -0.453 e. The Hall–Kier alpha value is -2.22. The van der Waals surface area contributed by atoms with Crippen molar-refractivity contribution in [3.63, 3.8) is 0 Å². The monoisotopic (exact) mass is 380 g/mol. The number of ether oxygens (including phenoxy) is 1. The van der Waals surface area contributed by atoms with E-state index in [-0.39, 0.29) is 24.7 Å². The van der Waals surface area contributed by atoms with Gasteiger partial charge in [-0.1, -0.05) is 25.3 Å². The second-order valence-electron chi connectivity index (χ2n) is 6.33. The number of carbonyl (C=O) groups excluding carboxylic acids is 4. The Morgan fingerprint density at radius 2 is 1.92 bits per heavy atom. The molecule has 1 fully saturated rings. The SMILES string of the molecule is C[C@H](OC(=O)CCC(=O)c1cccs1)C(=O)NC(=O)NC1CCCCC1. The summed E-state index contributed by atoms with van der Waals surface area (Å²) < 4.78 is 4.99. The number of thiophene rings is 1. The van der Waals surface area contributed by atoms with Gasteiger partial charge < -0.3 is 10.1 Å². The Labute approximate surface area is 156 Å². The number of urea groups is 1. The van der Waals surface area contributed by atoms with Crippen molar-refractivity contribution in [3.05, 3.63) is 22.4 Å². The molecule has 0 unspecified atom stereocenters. The molecular weight excluding hydrogens is 356 g/mol. The molecule has 0 aliphatic heterocycles. The summed E-state index contributed by atoms with van der Waals surface area (Å²) in [6.45, 7) is 1.39. The van der Waals surface area contributed by atoms with Crippen LogP contribution in [0.1, 0.15) is 61.5 Å². The Kier molecular flexibility index (Phi) is 7.77. The predicted octanol–water partition coefficient (Wildman–Crippen LogP) is 2.80. The van der Waals surface area contributed by atoms with Crippen LogP contribution in [-0.4, -0.2) is 35.8 Å². The van der Waals surface area contributed by atoms with E-state index in [0.717, 1.165) is 25.7 Å². The van der Waals surface area contributed by atoms with E-state index in [1.165, 1.54) is 24.7 Å². The van der Waals surface area contributed by atoms with Gasteiger partial charge in [-0.05, 0) is 31.2 Å². The van der Waals surface area contributed by atoms with Crippen molar-refractivity contribution in [2.24, 2.45) is 0 Å². The highest BCUT2D eigenvalue weighted by Gasteiger charge is 2.22. The first-order valence-corrected chi connectivity index (χ1v) is 9.71. The van der Waals surface area contributed by atoms with Crippen molar-refractivity contribution in [2.45, 2.75) is 64.0 Å². The minimum absolute atomic E-state index is 0.0237. The number of ketones is 1. The molecule has 1 saturated carbocycles. The maximum absolute atomic E-state index is 11.9. The number of carbonyl (C=O) groups is 4. The predicted molar refractivity (Wildman–Crippen MR) is 97.0 cm³/mol. The van der Waals surface area contributed by atoms with Crippen molar-refractivity contribution >= 4 is 35.0 Å². The lowest BCUT2D eigenvalue weighted by molar-refractivity contribution is -0.154. The molecule has 2 rings (SSSR count). The second-order valence-corrected chi connectivity index (χ2v) is 7.28. The van der Waals surface area contributed by atoms with E-state index in [0.29, 0.717) is 4.88 Å². The number of hydrogen-bond acceptors (Lipinski definition) is 6. The molecule has 0 spiro atoms. The molecule has 0 radical (unpaired) electrons. The van der Waals surface area contributed by atoms with E-state index in [1.807, 2.05) is 0 Å². The number of imide groups is 1. The Morgan fingerprint density at radius 3 is 2.58 bits per heavy atom. The molecule has 142 valence electrons. The fourth-order valence-electron chi connectivity index (χ4n) is 2.77. The third kappa shape index (κ3) is 6.59. The Morgan fingerprint density at radius 1 is 1.19 bits per heavy atom. The molecule has 1 aromatic heterocycles. The quantitative estimate of drug-likeness (QED) is 0.559. The molecule has 0 saturated heterocycles. The van der Waals surface area contributed by atoms with Gasteiger partial charge in [-0.25, -0.2) is 4.79 Å². The van der Waals surface area contributed by atoms with E-state index in [2.05, 4.69) is 10.6 Å². The average Bonchev–Trinajstić information content (AvgIpc) is 3.15. The fourth-order valence-corrected chi connectivity index (χ4v) is 3.46. The van der Waals surface area contributed by atoms with Crippen LogP contribution in [0.2, 0.25) is 0 Å². The molecule has 1 aromatic rings. The highest BCUT2D eigenvalue weighted by molar-refractivity contribution is 7.12. The van der Waals surface area contributed by atoms with Crippen LogP contribution in [0.5, 0.6) is 0 Å². The second kappa shape index (κ2) is 10.1. The summed E-state index contributed by atoms with van der Waals surface area (Å²) in [6.07, 6.45) is 3.93. The van der Waals surface area contributed by atoms with Crippen molar-refractivity contribution < 1.29 is 23.9 Å². The smallest absolute Gasteiger partial charge is 0.321 e. The topological polar surface area (TPSA) is 102 Å². The third-order valence-corrected chi connectivity index (χ3v) is 5.12. The summed E-state index contributed by atoms with van der Waals surface area (Å²) in [7, 11) is 0. The lowest BCUT2D eigenvalue weighted by Crippen LogP contribution is -2.48. The Balaban J connectivity index is 1.67. The number of Topliss-reactive ketones (excluding diaryl/α,β-unsaturated/α-hetero) is 1. The van der Waals surface area contributed by atoms with Gasteiger partial charge in [0.2, 0.25) is 0 Å². The summed E-state index contributed by atoms with van der Waals surface area (Å²) in [5, 5.41) is 6.73. The van der Waals surface area contributed by atoms with Crippen LogP contribution >= 0.6 is 11.3 Å². The van der Waals surface area contributed by atoms with Crippen LogP contribution in [-0.2, 0) is 14.3 Å². The number of rotatable bonds is 7. The first kappa shape index (κ1) is 20.1. The van der Waals surface area contributed by atoms with Gasteiger partial charge in [-0.3, -0.25) is 19.7 Å². The Bertz CT molecular complexity index is 638. The number of esters is 1. The molecule has 0 aromatic carbocycles. The summed E-state index contributed by atoms with van der Waals surface area (Å²) in [5.74, 6) is -1.47. The molecule has 2 N–H and O–H groups in total.